The SMILES string of the molecule is Cc1c(F)cccc1Cc1c(C(=O)N2CCN(C(=O)O)CC2)c2ccnc(Cl)c2n1-c1ccccc1. The van der Waals surface area contributed by atoms with Gasteiger partial charge in [0.15, 0.2) is 5.15 Å². The Morgan fingerprint density at radius 2 is 1.69 bits per heavy atom. The van der Waals surface area contributed by atoms with Gasteiger partial charge in [0.2, 0.25) is 0 Å². The van der Waals surface area contributed by atoms with E-state index in [9.17, 15) is 19.1 Å². The average Bonchev–Trinajstić information content (AvgIpc) is 3.22. The van der Waals surface area contributed by atoms with E-state index in [0.717, 1.165) is 11.3 Å². The van der Waals surface area contributed by atoms with E-state index in [0.29, 0.717) is 34.1 Å². The van der Waals surface area contributed by atoms with Crippen LogP contribution >= 0.6 is 11.6 Å². The zero-order valence-electron chi connectivity index (χ0n) is 19.6. The van der Waals surface area contributed by atoms with Crippen molar-refractivity contribution in [3.8, 4) is 5.69 Å². The fourth-order valence-corrected chi connectivity index (χ4v) is 5.04. The fourth-order valence-electron chi connectivity index (χ4n) is 4.80. The van der Waals surface area contributed by atoms with Crippen LogP contribution in [0.3, 0.4) is 0 Å². The Labute approximate surface area is 212 Å². The second-order valence-corrected chi connectivity index (χ2v) is 9.11. The monoisotopic (exact) mass is 506 g/mol. The third-order valence-corrected chi connectivity index (χ3v) is 7.01. The number of halogens is 2. The quantitative estimate of drug-likeness (QED) is 0.388. The predicted octanol–water partition coefficient (Wildman–Crippen LogP) is 5.15. The standard InChI is InChI=1S/C27H24ClFN4O3/c1-17-18(6-5-9-21(17)29)16-22-23(26(34)31-12-14-32(15-13-31)27(35)36)20-10-11-30-25(28)24(20)33(22)19-7-3-2-4-8-19/h2-11H,12-16H2,1H3,(H,35,36). The minimum atomic E-state index is -0.997. The van der Waals surface area contributed by atoms with Crippen LogP contribution in [-0.4, -0.2) is 62.6 Å². The highest BCUT2D eigenvalue weighted by atomic mass is 35.5. The molecule has 1 fully saturated rings. The Bertz CT molecular complexity index is 1460. The highest BCUT2D eigenvalue weighted by Crippen LogP contribution is 2.36. The molecule has 3 heterocycles. The molecule has 2 aromatic carbocycles. The lowest BCUT2D eigenvalue weighted by Gasteiger charge is -2.33. The Hall–Kier alpha value is -3.91. The first-order chi connectivity index (χ1) is 17.4. The van der Waals surface area contributed by atoms with Gasteiger partial charge in [-0.3, -0.25) is 4.79 Å². The van der Waals surface area contributed by atoms with Crippen molar-refractivity contribution >= 4 is 34.5 Å². The van der Waals surface area contributed by atoms with Crippen LogP contribution in [0, 0.1) is 12.7 Å². The summed E-state index contributed by atoms with van der Waals surface area (Å²) in [6.07, 6.45) is 0.860. The summed E-state index contributed by atoms with van der Waals surface area (Å²) in [6.45, 7) is 2.75. The number of hydrogen-bond acceptors (Lipinski definition) is 3. The molecule has 0 radical (unpaired) electrons. The van der Waals surface area contributed by atoms with Crippen molar-refractivity contribution in [1.82, 2.24) is 19.4 Å². The Morgan fingerprint density at radius 3 is 2.39 bits per heavy atom. The fraction of sp³-hybridized carbons (Fsp3) is 0.222. The molecule has 36 heavy (non-hydrogen) atoms. The highest BCUT2D eigenvalue weighted by molar-refractivity contribution is 6.34. The number of fused-ring (bicyclic) bond motifs is 1. The average molecular weight is 507 g/mol. The molecule has 0 saturated carbocycles. The Kier molecular flexibility index (Phi) is 6.36. The van der Waals surface area contributed by atoms with Crippen molar-refractivity contribution < 1.29 is 19.1 Å². The number of carbonyl (C=O) groups is 2. The first-order valence-electron chi connectivity index (χ1n) is 11.6. The van der Waals surface area contributed by atoms with Gasteiger partial charge in [-0.25, -0.2) is 14.2 Å². The molecule has 5 rings (SSSR count). The number of pyridine rings is 1. The van der Waals surface area contributed by atoms with Crippen molar-refractivity contribution in [2.75, 3.05) is 26.2 Å². The van der Waals surface area contributed by atoms with E-state index in [1.807, 2.05) is 41.0 Å². The summed E-state index contributed by atoms with van der Waals surface area (Å²) in [7, 11) is 0. The van der Waals surface area contributed by atoms with E-state index in [1.165, 1.54) is 11.0 Å². The van der Waals surface area contributed by atoms with Crippen LogP contribution in [0.2, 0.25) is 5.15 Å². The third kappa shape index (κ3) is 4.18. The number of para-hydroxylation sites is 1. The number of nitrogens with zero attached hydrogens (tertiary/aromatic N) is 4. The first-order valence-corrected chi connectivity index (χ1v) is 12.0. The minimum Gasteiger partial charge on any atom is -0.465 e. The van der Waals surface area contributed by atoms with E-state index >= 15 is 0 Å². The maximum atomic E-state index is 14.5. The van der Waals surface area contributed by atoms with Crippen LogP contribution in [0.25, 0.3) is 16.6 Å². The summed E-state index contributed by atoms with van der Waals surface area (Å²) >= 11 is 6.61. The van der Waals surface area contributed by atoms with E-state index in [4.69, 9.17) is 11.6 Å². The van der Waals surface area contributed by atoms with Gasteiger partial charge in [-0.05, 0) is 42.3 Å². The number of aromatic nitrogens is 2. The van der Waals surface area contributed by atoms with Gasteiger partial charge >= 0.3 is 6.09 Å². The van der Waals surface area contributed by atoms with Crippen LogP contribution in [0.5, 0.6) is 0 Å². The van der Waals surface area contributed by atoms with Crippen LogP contribution in [-0.2, 0) is 6.42 Å². The first kappa shape index (κ1) is 23.8. The van der Waals surface area contributed by atoms with E-state index in [1.54, 1.807) is 30.2 Å². The molecule has 1 aliphatic heterocycles. The number of benzene rings is 2. The third-order valence-electron chi connectivity index (χ3n) is 6.73. The number of rotatable bonds is 4. The molecular formula is C27H24ClFN4O3. The number of carbonyl (C=O) groups excluding carboxylic acids is 1. The molecule has 4 aromatic rings. The van der Waals surface area contributed by atoms with Gasteiger partial charge in [-0.1, -0.05) is 41.9 Å². The summed E-state index contributed by atoms with van der Waals surface area (Å²) < 4.78 is 16.4. The van der Waals surface area contributed by atoms with E-state index < -0.39 is 6.09 Å². The topological polar surface area (TPSA) is 78.7 Å². The van der Waals surface area contributed by atoms with Crippen molar-refractivity contribution in [3.63, 3.8) is 0 Å². The molecule has 2 amide bonds. The van der Waals surface area contributed by atoms with Gasteiger partial charge in [-0.2, -0.15) is 0 Å². The Balaban J connectivity index is 1.72. The maximum absolute atomic E-state index is 14.5. The van der Waals surface area contributed by atoms with Crippen molar-refractivity contribution in [2.24, 2.45) is 0 Å². The zero-order valence-corrected chi connectivity index (χ0v) is 20.4. The van der Waals surface area contributed by atoms with Crippen molar-refractivity contribution in [3.05, 3.63) is 94.1 Å². The molecule has 0 unspecified atom stereocenters. The predicted molar refractivity (Wildman–Crippen MR) is 136 cm³/mol. The van der Waals surface area contributed by atoms with Crippen LogP contribution in [0.4, 0.5) is 9.18 Å². The molecule has 184 valence electrons. The van der Waals surface area contributed by atoms with Gasteiger partial charge in [0.05, 0.1) is 11.1 Å². The summed E-state index contributed by atoms with van der Waals surface area (Å²) in [5, 5.41) is 10.2. The van der Waals surface area contributed by atoms with Crippen LogP contribution < -0.4 is 0 Å². The zero-order chi connectivity index (χ0) is 25.4. The lowest BCUT2D eigenvalue weighted by atomic mass is 9.99. The second-order valence-electron chi connectivity index (χ2n) is 8.75. The normalized spacial score (nSPS) is 13.9. The molecule has 0 aliphatic carbocycles. The molecule has 1 N–H and O–H groups in total. The molecular weight excluding hydrogens is 483 g/mol. The van der Waals surface area contributed by atoms with Crippen LogP contribution in [0.15, 0.2) is 60.8 Å². The largest absolute Gasteiger partial charge is 0.465 e. The smallest absolute Gasteiger partial charge is 0.407 e. The molecule has 1 aliphatic rings. The molecule has 0 atom stereocenters. The molecule has 0 bridgehead atoms. The van der Waals surface area contributed by atoms with E-state index in [-0.39, 0.29) is 43.1 Å². The lowest BCUT2D eigenvalue weighted by Crippen LogP contribution is -2.50. The van der Waals surface area contributed by atoms with Crippen molar-refractivity contribution in [2.45, 2.75) is 13.3 Å². The molecule has 0 spiro atoms. The highest BCUT2D eigenvalue weighted by Gasteiger charge is 2.31. The number of amides is 2. The minimum absolute atomic E-state index is 0.217. The van der Waals surface area contributed by atoms with Gasteiger partial charge in [-0.15, -0.1) is 0 Å². The molecule has 2 aromatic heterocycles. The number of hydrogen-bond donors (Lipinski definition) is 1. The summed E-state index contributed by atoms with van der Waals surface area (Å²) in [6, 6.07) is 16.2. The van der Waals surface area contributed by atoms with Gasteiger partial charge in [0.25, 0.3) is 5.91 Å². The van der Waals surface area contributed by atoms with E-state index in [2.05, 4.69) is 4.98 Å². The summed E-state index contributed by atoms with van der Waals surface area (Å²) in [4.78, 5) is 32.6. The summed E-state index contributed by atoms with van der Waals surface area (Å²) in [5.74, 6) is -0.529. The maximum Gasteiger partial charge on any atom is 0.407 e. The second kappa shape index (κ2) is 9.62. The van der Waals surface area contributed by atoms with Crippen LogP contribution in [0.1, 0.15) is 27.2 Å². The number of carboxylic acid groups (broad SMARTS) is 1. The Morgan fingerprint density at radius 1 is 1.00 bits per heavy atom. The molecule has 7 nitrogen and oxygen atoms in total. The van der Waals surface area contributed by atoms with Crippen molar-refractivity contribution in [1.29, 1.82) is 0 Å². The lowest BCUT2D eigenvalue weighted by molar-refractivity contribution is 0.0625. The van der Waals surface area contributed by atoms with Gasteiger partial charge in [0, 0.05) is 55.6 Å². The summed E-state index contributed by atoms with van der Waals surface area (Å²) in [5.41, 5.74) is 3.80. The number of piperazine rings is 1. The van der Waals surface area contributed by atoms with Gasteiger partial charge < -0.3 is 19.5 Å². The molecule has 1 saturated heterocycles. The molecule has 9 heteroatoms. The van der Waals surface area contributed by atoms with Gasteiger partial charge in [0.1, 0.15) is 5.82 Å².